The van der Waals surface area contributed by atoms with Crippen molar-refractivity contribution in [2.24, 2.45) is 5.92 Å². The molecule has 0 bridgehead atoms. The van der Waals surface area contributed by atoms with Crippen LogP contribution in [0, 0.1) is 17.6 Å². The van der Waals surface area contributed by atoms with E-state index >= 15 is 0 Å². The zero-order chi connectivity index (χ0) is 14.9. The molecule has 1 aromatic rings. The normalized spacial score (nSPS) is 30.7. The molecule has 0 aromatic heterocycles. The number of hydrogen-bond donors (Lipinski definition) is 1. The van der Waals surface area contributed by atoms with Crippen LogP contribution in [0.4, 0.5) is 8.78 Å². The van der Waals surface area contributed by atoms with Crippen molar-refractivity contribution in [1.82, 2.24) is 5.32 Å². The van der Waals surface area contributed by atoms with Crippen molar-refractivity contribution in [3.05, 3.63) is 35.4 Å². The van der Waals surface area contributed by atoms with Gasteiger partial charge in [0.25, 0.3) is 0 Å². The van der Waals surface area contributed by atoms with E-state index in [0.29, 0.717) is 25.4 Å². The summed E-state index contributed by atoms with van der Waals surface area (Å²) in [5, 5.41) is 3.16. The lowest BCUT2D eigenvalue weighted by Gasteiger charge is -2.40. The van der Waals surface area contributed by atoms with E-state index in [1.807, 2.05) is 0 Å². The molecule has 0 radical (unpaired) electrons. The van der Waals surface area contributed by atoms with Gasteiger partial charge in [0, 0.05) is 31.2 Å². The van der Waals surface area contributed by atoms with Crippen molar-refractivity contribution in [2.75, 3.05) is 26.9 Å². The van der Waals surface area contributed by atoms with Gasteiger partial charge in [0.2, 0.25) is 0 Å². The maximum absolute atomic E-state index is 14.1. The molecule has 1 spiro atoms. The minimum Gasteiger partial charge on any atom is -0.378 e. The van der Waals surface area contributed by atoms with Gasteiger partial charge in [-0.15, -0.1) is 0 Å². The minimum absolute atomic E-state index is 0.206. The fraction of sp³-hybridized carbons (Fsp3) is 0.625. The lowest BCUT2D eigenvalue weighted by molar-refractivity contribution is -0.103. The van der Waals surface area contributed by atoms with E-state index in [0.717, 1.165) is 25.3 Å². The standard InChI is InChI=1S/C16H21F2NO2/c1-19-15(13-8-12(17)2-3-14(13)18)11-4-6-21-16(9-11)5-7-20-10-16/h2-3,8,11,15,19H,4-7,9-10H2,1H3. The molecule has 0 amide bonds. The Morgan fingerprint density at radius 2 is 2.19 bits per heavy atom. The summed E-state index contributed by atoms with van der Waals surface area (Å²) in [6, 6.07) is 3.44. The monoisotopic (exact) mass is 297 g/mol. The summed E-state index contributed by atoms with van der Waals surface area (Å²) in [5.41, 5.74) is 0.167. The predicted octanol–water partition coefficient (Wildman–Crippen LogP) is 2.81. The first-order chi connectivity index (χ1) is 10.1. The third kappa shape index (κ3) is 2.96. The summed E-state index contributed by atoms with van der Waals surface area (Å²) in [6.45, 7) is 1.96. The molecule has 2 fully saturated rings. The first-order valence-electron chi connectivity index (χ1n) is 7.47. The van der Waals surface area contributed by atoms with Crippen molar-refractivity contribution in [3.63, 3.8) is 0 Å². The molecule has 3 unspecified atom stereocenters. The second-order valence-corrected chi connectivity index (χ2v) is 6.02. The van der Waals surface area contributed by atoms with Gasteiger partial charge in [-0.25, -0.2) is 8.78 Å². The van der Waals surface area contributed by atoms with Crippen LogP contribution in [0.15, 0.2) is 18.2 Å². The van der Waals surface area contributed by atoms with E-state index in [-0.39, 0.29) is 23.4 Å². The fourth-order valence-corrected chi connectivity index (χ4v) is 3.61. The Morgan fingerprint density at radius 1 is 1.33 bits per heavy atom. The number of halogens is 2. The molecule has 1 N–H and O–H groups in total. The molecule has 2 heterocycles. The highest BCUT2D eigenvalue weighted by atomic mass is 19.1. The highest BCUT2D eigenvalue weighted by Gasteiger charge is 2.43. The number of ether oxygens (including phenoxy) is 2. The molecule has 3 atom stereocenters. The number of rotatable bonds is 3. The Labute approximate surface area is 123 Å². The lowest BCUT2D eigenvalue weighted by Crippen LogP contribution is -2.43. The SMILES string of the molecule is CNC(c1cc(F)ccc1F)C1CCOC2(CCOC2)C1. The van der Waals surface area contributed by atoms with Gasteiger partial charge in [-0.2, -0.15) is 0 Å². The van der Waals surface area contributed by atoms with E-state index < -0.39 is 5.82 Å². The molecule has 2 saturated heterocycles. The maximum Gasteiger partial charge on any atom is 0.128 e. The molecule has 5 heteroatoms. The van der Waals surface area contributed by atoms with E-state index in [9.17, 15) is 8.78 Å². The molecule has 1 aromatic carbocycles. The molecular formula is C16H21F2NO2. The van der Waals surface area contributed by atoms with Crippen LogP contribution in [0.25, 0.3) is 0 Å². The van der Waals surface area contributed by atoms with Crippen LogP contribution in [0.1, 0.15) is 30.9 Å². The zero-order valence-electron chi connectivity index (χ0n) is 12.2. The zero-order valence-corrected chi connectivity index (χ0v) is 12.2. The summed E-state index contributed by atoms with van der Waals surface area (Å²) in [7, 11) is 1.79. The van der Waals surface area contributed by atoms with Crippen molar-refractivity contribution in [3.8, 4) is 0 Å². The van der Waals surface area contributed by atoms with Crippen LogP contribution in [-0.4, -0.2) is 32.5 Å². The van der Waals surface area contributed by atoms with Gasteiger partial charge in [-0.05, 0) is 44.0 Å². The van der Waals surface area contributed by atoms with Crippen molar-refractivity contribution >= 4 is 0 Å². The smallest absolute Gasteiger partial charge is 0.128 e. The third-order valence-corrected chi connectivity index (χ3v) is 4.67. The Hall–Kier alpha value is -1.04. The largest absolute Gasteiger partial charge is 0.378 e. The highest BCUT2D eigenvalue weighted by Crippen LogP contribution is 2.41. The topological polar surface area (TPSA) is 30.5 Å². The lowest BCUT2D eigenvalue weighted by atomic mass is 9.79. The van der Waals surface area contributed by atoms with E-state index in [1.54, 1.807) is 7.05 Å². The molecule has 0 aliphatic carbocycles. The van der Waals surface area contributed by atoms with Gasteiger partial charge in [-0.1, -0.05) is 0 Å². The van der Waals surface area contributed by atoms with Crippen LogP contribution in [0.2, 0.25) is 0 Å². The van der Waals surface area contributed by atoms with E-state index in [1.165, 1.54) is 12.1 Å². The van der Waals surface area contributed by atoms with Gasteiger partial charge in [0.1, 0.15) is 11.6 Å². The third-order valence-electron chi connectivity index (χ3n) is 4.67. The van der Waals surface area contributed by atoms with Crippen LogP contribution in [0.5, 0.6) is 0 Å². The Balaban J connectivity index is 1.84. The van der Waals surface area contributed by atoms with Crippen LogP contribution < -0.4 is 5.32 Å². The molecule has 21 heavy (non-hydrogen) atoms. The molecule has 3 rings (SSSR count). The van der Waals surface area contributed by atoms with E-state index in [2.05, 4.69) is 5.32 Å². The Bertz CT molecular complexity index is 503. The first-order valence-corrected chi connectivity index (χ1v) is 7.47. The van der Waals surface area contributed by atoms with Crippen molar-refractivity contribution < 1.29 is 18.3 Å². The van der Waals surface area contributed by atoms with E-state index in [4.69, 9.17) is 9.47 Å². The molecular weight excluding hydrogens is 276 g/mol. The predicted molar refractivity (Wildman–Crippen MR) is 75.0 cm³/mol. The number of nitrogens with one attached hydrogen (secondary N) is 1. The summed E-state index contributed by atoms with van der Waals surface area (Å²) in [6.07, 6.45) is 2.53. The second-order valence-electron chi connectivity index (χ2n) is 6.02. The second kappa shape index (κ2) is 5.99. The minimum atomic E-state index is -0.405. The summed E-state index contributed by atoms with van der Waals surface area (Å²) < 4.78 is 38.9. The van der Waals surface area contributed by atoms with Gasteiger partial charge in [0.15, 0.2) is 0 Å². The molecule has 2 aliphatic heterocycles. The first kappa shape index (κ1) is 14.9. The maximum atomic E-state index is 14.1. The van der Waals surface area contributed by atoms with Gasteiger partial charge in [-0.3, -0.25) is 0 Å². The fourth-order valence-electron chi connectivity index (χ4n) is 3.61. The molecule has 3 nitrogen and oxygen atoms in total. The van der Waals surface area contributed by atoms with Crippen molar-refractivity contribution in [2.45, 2.75) is 30.9 Å². The summed E-state index contributed by atoms with van der Waals surface area (Å²) in [5.74, 6) is -0.557. The molecule has 116 valence electrons. The van der Waals surface area contributed by atoms with Crippen molar-refractivity contribution in [1.29, 1.82) is 0 Å². The van der Waals surface area contributed by atoms with Crippen LogP contribution in [0.3, 0.4) is 0 Å². The number of hydrogen-bond acceptors (Lipinski definition) is 3. The van der Waals surface area contributed by atoms with Gasteiger partial charge < -0.3 is 14.8 Å². The summed E-state index contributed by atoms with van der Waals surface area (Å²) >= 11 is 0. The van der Waals surface area contributed by atoms with Crippen LogP contribution in [-0.2, 0) is 9.47 Å². The average molecular weight is 297 g/mol. The quantitative estimate of drug-likeness (QED) is 0.930. The van der Waals surface area contributed by atoms with Crippen LogP contribution >= 0.6 is 0 Å². The van der Waals surface area contributed by atoms with Gasteiger partial charge >= 0.3 is 0 Å². The molecule has 0 saturated carbocycles. The Morgan fingerprint density at radius 3 is 2.90 bits per heavy atom. The van der Waals surface area contributed by atoms with Gasteiger partial charge in [0.05, 0.1) is 12.2 Å². The number of benzene rings is 1. The Kier molecular flexibility index (Phi) is 4.24. The summed E-state index contributed by atoms with van der Waals surface area (Å²) in [4.78, 5) is 0. The average Bonchev–Trinajstić information content (AvgIpc) is 2.91. The highest BCUT2D eigenvalue weighted by molar-refractivity contribution is 5.23. The molecule has 2 aliphatic rings.